The van der Waals surface area contributed by atoms with Crippen LogP contribution >= 0.6 is 11.6 Å². The predicted molar refractivity (Wildman–Crippen MR) is 103 cm³/mol. The Balaban J connectivity index is 1.71. The van der Waals surface area contributed by atoms with Gasteiger partial charge in [-0.05, 0) is 49.3 Å². The highest BCUT2D eigenvalue weighted by Crippen LogP contribution is 2.52. The van der Waals surface area contributed by atoms with Gasteiger partial charge in [-0.3, -0.25) is 9.48 Å². The number of benzene rings is 1. The molecule has 0 saturated heterocycles. The van der Waals surface area contributed by atoms with E-state index in [0.29, 0.717) is 23.9 Å². The number of rotatable bonds is 4. The monoisotopic (exact) mass is 438 g/mol. The largest absolute Gasteiger partial charge is 0.417 e. The molecule has 158 valence electrons. The summed E-state index contributed by atoms with van der Waals surface area (Å²) in [6.07, 6.45) is 0.0614. The molecule has 1 N–H and O–H groups in total. The van der Waals surface area contributed by atoms with Crippen LogP contribution in [0.15, 0.2) is 29.2 Å². The summed E-state index contributed by atoms with van der Waals surface area (Å²) in [5.41, 5.74) is -2.18. The molecule has 1 unspecified atom stereocenters. The zero-order valence-corrected chi connectivity index (χ0v) is 16.7. The summed E-state index contributed by atoms with van der Waals surface area (Å²) in [6.45, 7) is 0. The lowest BCUT2D eigenvalue weighted by Crippen LogP contribution is -2.33. The standard InChI is InChI=1S/C20H18ClF3N4O2/c1-27-17(13-9-25-28(12-5-6-12)18(29)16(13)26-27)19(30,10-2-3-10)11-4-7-14(15(21)8-11)20(22,23)24/h4,7-10,12,30H,2-3,5-6H2,1H3. The van der Waals surface area contributed by atoms with Crippen LogP contribution in [0.2, 0.25) is 5.02 Å². The highest BCUT2D eigenvalue weighted by Gasteiger charge is 2.50. The molecule has 10 heteroatoms. The van der Waals surface area contributed by atoms with Crippen molar-refractivity contribution in [3.63, 3.8) is 0 Å². The molecule has 2 heterocycles. The van der Waals surface area contributed by atoms with Gasteiger partial charge in [0.15, 0.2) is 5.52 Å². The van der Waals surface area contributed by atoms with E-state index in [0.717, 1.165) is 25.0 Å². The highest BCUT2D eigenvalue weighted by molar-refractivity contribution is 6.31. The molecule has 30 heavy (non-hydrogen) atoms. The summed E-state index contributed by atoms with van der Waals surface area (Å²) < 4.78 is 42.3. The maximum absolute atomic E-state index is 13.1. The van der Waals surface area contributed by atoms with Crippen LogP contribution in [0.3, 0.4) is 0 Å². The predicted octanol–water partition coefficient (Wildman–Crippen LogP) is 3.78. The lowest BCUT2D eigenvalue weighted by Gasteiger charge is -2.30. The Hall–Kier alpha value is -2.39. The van der Waals surface area contributed by atoms with Crippen LogP contribution in [0, 0.1) is 5.92 Å². The number of aryl methyl sites for hydroxylation is 1. The fourth-order valence-corrected chi connectivity index (χ4v) is 4.47. The maximum atomic E-state index is 13.1. The Bertz CT molecular complexity index is 1230. The van der Waals surface area contributed by atoms with Gasteiger partial charge < -0.3 is 5.11 Å². The van der Waals surface area contributed by atoms with E-state index >= 15 is 0 Å². The van der Waals surface area contributed by atoms with Crippen LogP contribution in [-0.2, 0) is 18.8 Å². The third kappa shape index (κ3) is 2.86. The van der Waals surface area contributed by atoms with Crippen LogP contribution in [0.25, 0.3) is 10.9 Å². The Morgan fingerprint density at radius 1 is 1.20 bits per heavy atom. The fraction of sp³-hybridized carbons (Fsp3) is 0.450. The van der Waals surface area contributed by atoms with E-state index in [1.165, 1.54) is 21.6 Å². The van der Waals surface area contributed by atoms with Crippen molar-refractivity contribution in [2.24, 2.45) is 13.0 Å². The second-order valence-corrected chi connectivity index (χ2v) is 8.50. The van der Waals surface area contributed by atoms with E-state index in [1.807, 2.05) is 0 Å². The molecule has 0 aliphatic heterocycles. The molecule has 0 amide bonds. The SMILES string of the molecule is Cn1nc2c(=O)n(C3CC3)ncc2c1C(O)(c1ccc(C(F)(F)F)c(Cl)c1)C1CC1. The highest BCUT2D eigenvalue weighted by atomic mass is 35.5. The van der Waals surface area contributed by atoms with Gasteiger partial charge in [0, 0.05) is 7.05 Å². The lowest BCUT2D eigenvalue weighted by atomic mass is 9.83. The van der Waals surface area contributed by atoms with Gasteiger partial charge in [-0.2, -0.15) is 23.4 Å². The number of hydrogen-bond acceptors (Lipinski definition) is 4. The van der Waals surface area contributed by atoms with E-state index in [9.17, 15) is 23.1 Å². The van der Waals surface area contributed by atoms with Crippen molar-refractivity contribution in [2.75, 3.05) is 0 Å². The Kier molecular flexibility index (Phi) is 4.11. The van der Waals surface area contributed by atoms with Crippen LogP contribution < -0.4 is 5.56 Å². The molecule has 0 radical (unpaired) electrons. The first-order chi connectivity index (χ1) is 14.1. The van der Waals surface area contributed by atoms with Gasteiger partial charge in [-0.15, -0.1) is 0 Å². The fourth-order valence-electron chi connectivity index (χ4n) is 4.18. The molecule has 0 spiro atoms. The molecule has 2 aliphatic carbocycles. The number of aliphatic hydroxyl groups is 1. The van der Waals surface area contributed by atoms with Crippen molar-refractivity contribution in [3.8, 4) is 0 Å². The van der Waals surface area contributed by atoms with E-state index < -0.39 is 22.4 Å². The van der Waals surface area contributed by atoms with E-state index in [4.69, 9.17) is 11.6 Å². The van der Waals surface area contributed by atoms with Crippen molar-refractivity contribution in [1.82, 2.24) is 19.6 Å². The molecule has 6 nitrogen and oxygen atoms in total. The minimum atomic E-state index is -4.59. The van der Waals surface area contributed by atoms with Crippen molar-refractivity contribution in [3.05, 3.63) is 56.6 Å². The second kappa shape index (κ2) is 6.31. The quantitative estimate of drug-likeness (QED) is 0.672. The average Bonchev–Trinajstić information content (AvgIpc) is 3.57. The first kappa shape index (κ1) is 19.6. The van der Waals surface area contributed by atoms with Crippen molar-refractivity contribution in [1.29, 1.82) is 0 Å². The molecule has 1 atom stereocenters. The van der Waals surface area contributed by atoms with Crippen LogP contribution in [0.1, 0.15) is 48.5 Å². The van der Waals surface area contributed by atoms with E-state index in [-0.39, 0.29) is 28.6 Å². The Morgan fingerprint density at radius 2 is 1.90 bits per heavy atom. The van der Waals surface area contributed by atoms with E-state index in [1.54, 1.807) is 7.05 Å². The zero-order chi connectivity index (χ0) is 21.4. The Labute approximate surface area is 173 Å². The van der Waals surface area contributed by atoms with Gasteiger partial charge in [0.2, 0.25) is 0 Å². The molecule has 3 aromatic rings. The summed E-state index contributed by atoms with van der Waals surface area (Å²) in [5, 5.41) is 20.3. The van der Waals surface area contributed by atoms with Crippen molar-refractivity contribution >= 4 is 22.5 Å². The van der Waals surface area contributed by atoms with Crippen LogP contribution in [0.4, 0.5) is 13.2 Å². The van der Waals surface area contributed by atoms with Gasteiger partial charge >= 0.3 is 6.18 Å². The second-order valence-electron chi connectivity index (χ2n) is 8.09. The van der Waals surface area contributed by atoms with Gasteiger partial charge in [0.05, 0.1) is 33.9 Å². The molecule has 2 fully saturated rings. The number of aromatic nitrogens is 4. The molecule has 5 rings (SSSR count). The zero-order valence-electron chi connectivity index (χ0n) is 15.9. The topological polar surface area (TPSA) is 72.9 Å². The molecule has 2 saturated carbocycles. The molecule has 1 aromatic carbocycles. The summed E-state index contributed by atoms with van der Waals surface area (Å²) in [6, 6.07) is 3.34. The third-order valence-electron chi connectivity index (χ3n) is 5.94. The lowest BCUT2D eigenvalue weighted by molar-refractivity contribution is -0.137. The number of alkyl halides is 3. The van der Waals surface area contributed by atoms with Gasteiger partial charge in [-0.1, -0.05) is 17.7 Å². The average molecular weight is 439 g/mol. The normalized spacial score (nSPS) is 19.3. The van der Waals surface area contributed by atoms with Gasteiger partial charge in [0.1, 0.15) is 5.60 Å². The van der Waals surface area contributed by atoms with Crippen LogP contribution in [0.5, 0.6) is 0 Å². The molecule has 2 aliphatic rings. The van der Waals surface area contributed by atoms with Gasteiger partial charge in [0.25, 0.3) is 5.56 Å². The first-order valence-corrected chi connectivity index (χ1v) is 10.0. The first-order valence-electron chi connectivity index (χ1n) is 9.67. The summed E-state index contributed by atoms with van der Waals surface area (Å²) in [4.78, 5) is 12.8. The molecule has 0 bridgehead atoms. The summed E-state index contributed by atoms with van der Waals surface area (Å²) in [7, 11) is 1.61. The number of fused-ring (bicyclic) bond motifs is 1. The number of nitrogens with zero attached hydrogens (tertiary/aromatic N) is 4. The molecular formula is C20H18ClF3N4O2. The van der Waals surface area contributed by atoms with Crippen LogP contribution in [-0.4, -0.2) is 24.7 Å². The minimum Gasteiger partial charge on any atom is -0.378 e. The van der Waals surface area contributed by atoms with Crippen molar-refractivity contribution < 1.29 is 18.3 Å². The Morgan fingerprint density at radius 3 is 2.47 bits per heavy atom. The van der Waals surface area contributed by atoms with Gasteiger partial charge in [-0.25, -0.2) is 4.68 Å². The summed E-state index contributed by atoms with van der Waals surface area (Å²) in [5.74, 6) is -0.227. The molecular weight excluding hydrogens is 421 g/mol. The third-order valence-corrected chi connectivity index (χ3v) is 6.25. The number of halogens is 4. The number of hydrogen-bond donors (Lipinski definition) is 1. The maximum Gasteiger partial charge on any atom is 0.417 e. The van der Waals surface area contributed by atoms with E-state index in [2.05, 4.69) is 10.2 Å². The minimum absolute atomic E-state index is 0.0726. The summed E-state index contributed by atoms with van der Waals surface area (Å²) >= 11 is 5.93. The van der Waals surface area contributed by atoms with Crippen molar-refractivity contribution in [2.45, 2.75) is 43.5 Å². The molecule has 2 aromatic heterocycles. The smallest absolute Gasteiger partial charge is 0.378 e.